The van der Waals surface area contributed by atoms with Crippen molar-refractivity contribution in [2.24, 2.45) is 5.73 Å². The zero-order chi connectivity index (χ0) is 13.3. The molecule has 4 heteroatoms. The first-order valence-electron chi connectivity index (χ1n) is 7.91. The van der Waals surface area contributed by atoms with Crippen molar-refractivity contribution in [1.82, 2.24) is 14.8 Å². The van der Waals surface area contributed by atoms with E-state index >= 15 is 0 Å². The van der Waals surface area contributed by atoms with E-state index in [1.807, 2.05) is 0 Å². The largest absolute Gasteiger partial charge is 0.319 e. The van der Waals surface area contributed by atoms with E-state index in [2.05, 4.69) is 21.7 Å². The Hall–Kier alpha value is -0.900. The summed E-state index contributed by atoms with van der Waals surface area (Å²) in [6.45, 7) is 2.08. The summed E-state index contributed by atoms with van der Waals surface area (Å²) in [6.07, 6.45) is 12.5. The van der Waals surface area contributed by atoms with Gasteiger partial charge in [-0.25, -0.2) is 0 Å². The first-order valence-corrected chi connectivity index (χ1v) is 7.91. The molecule has 1 heterocycles. The molecule has 3 rings (SSSR count). The van der Waals surface area contributed by atoms with Crippen molar-refractivity contribution in [3.05, 3.63) is 11.6 Å². The first kappa shape index (κ1) is 13.1. The van der Waals surface area contributed by atoms with Crippen LogP contribution in [0.5, 0.6) is 0 Å². The van der Waals surface area contributed by atoms with E-state index in [0.717, 1.165) is 24.5 Å². The summed E-state index contributed by atoms with van der Waals surface area (Å²) >= 11 is 0. The van der Waals surface area contributed by atoms with Crippen LogP contribution < -0.4 is 5.73 Å². The van der Waals surface area contributed by atoms with Gasteiger partial charge in [-0.2, -0.15) is 0 Å². The monoisotopic (exact) mass is 262 g/mol. The van der Waals surface area contributed by atoms with Crippen LogP contribution in [0.4, 0.5) is 0 Å². The van der Waals surface area contributed by atoms with Gasteiger partial charge in [0, 0.05) is 6.04 Å². The molecule has 0 radical (unpaired) electrons. The summed E-state index contributed by atoms with van der Waals surface area (Å²) in [5.74, 6) is 2.12. The van der Waals surface area contributed by atoms with Crippen LogP contribution in [0.15, 0.2) is 0 Å². The quantitative estimate of drug-likeness (QED) is 0.890. The molecule has 4 nitrogen and oxygen atoms in total. The molecule has 0 bridgehead atoms. The zero-order valence-electron chi connectivity index (χ0n) is 12.1. The fraction of sp³-hybridized carbons (Fsp3) is 0.867. The van der Waals surface area contributed by atoms with Gasteiger partial charge in [0.1, 0.15) is 5.82 Å². The van der Waals surface area contributed by atoms with Crippen molar-refractivity contribution in [3.8, 4) is 0 Å². The molecule has 106 valence electrons. The Bertz CT molecular complexity index is 425. The standard InChI is InChI=1S/C15H26N4/c1-12-17-18-14(15(16)10-6-3-7-11-15)19(12)13-8-4-2-5-9-13/h13H,2-11,16H2,1H3. The van der Waals surface area contributed by atoms with Crippen molar-refractivity contribution in [3.63, 3.8) is 0 Å². The third-order valence-electron chi connectivity index (χ3n) is 5.00. The second kappa shape index (κ2) is 5.23. The van der Waals surface area contributed by atoms with Crippen molar-refractivity contribution in [1.29, 1.82) is 0 Å². The lowest BCUT2D eigenvalue weighted by molar-refractivity contribution is 0.255. The topological polar surface area (TPSA) is 56.7 Å². The highest BCUT2D eigenvalue weighted by molar-refractivity contribution is 5.11. The number of hydrogen-bond acceptors (Lipinski definition) is 3. The Morgan fingerprint density at radius 2 is 1.63 bits per heavy atom. The predicted molar refractivity (Wildman–Crippen MR) is 75.8 cm³/mol. The lowest BCUT2D eigenvalue weighted by atomic mass is 9.81. The number of rotatable bonds is 2. The van der Waals surface area contributed by atoms with E-state index in [4.69, 9.17) is 5.73 Å². The van der Waals surface area contributed by atoms with Gasteiger partial charge in [-0.05, 0) is 32.6 Å². The maximum Gasteiger partial charge on any atom is 0.153 e. The lowest BCUT2D eigenvalue weighted by Crippen LogP contribution is -2.42. The highest BCUT2D eigenvalue weighted by Crippen LogP contribution is 2.37. The molecule has 1 aromatic heterocycles. The van der Waals surface area contributed by atoms with Crippen LogP contribution in [0.3, 0.4) is 0 Å². The number of aryl methyl sites for hydroxylation is 1. The molecule has 2 aliphatic rings. The van der Waals surface area contributed by atoms with Gasteiger partial charge in [-0.15, -0.1) is 10.2 Å². The van der Waals surface area contributed by atoms with Gasteiger partial charge < -0.3 is 10.3 Å². The van der Waals surface area contributed by atoms with Crippen LogP contribution in [0, 0.1) is 6.92 Å². The molecule has 2 saturated carbocycles. The summed E-state index contributed by atoms with van der Waals surface area (Å²) in [4.78, 5) is 0. The van der Waals surface area contributed by atoms with Gasteiger partial charge in [0.05, 0.1) is 5.54 Å². The molecular weight excluding hydrogens is 236 g/mol. The van der Waals surface area contributed by atoms with Gasteiger partial charge in [0.15, 0.2) is 5.82 Å². The molecule has 0 spiro atoms. The molecule has 19 heavy (non-hydrogen) atoms. The minimum atomic E-state index is -0.225. The van der Waals surface area contributed by atoms with E-state index in [9.17, 15) is 0 Å². The van der Waals surface area contributed by atoms with E-state index in [1.165, 1.54) is 51.4 Å². The second-order valence-electron chi connectivity index (χ2n) is 6.45. The number of hydrogen-bond donors (Lipinski definition) is 1. The summed E-state index contributed by atoms with van der Waals surface area (Å²) < 4.78 is 2.38. The molecule has 0 aromatic carbocycles. The normalized spacial score (nSPS) is 24.5. The maximum atomic E-state index is 6.68. The Morgan fingerprint density at radius 3 is 2.32 bits per heavy atom. The number of aromatic nitrogens is 3. The van der Waals surface area contributed by atoms with Crippen LogP contribution >= 0.6 is 0 Å². The number of nitrogens with two attached hydrogens (primary N) is 1. The van der Waals surface area contributed by atoms with E-state index < -0.39 is 0 Å². The summed E-state index contributed by atoms with van der Waals surface area (Å²) in [5.41, 5.74) is 6.45. The molecule has 1 aromatic rings. The minimum absolute atomic E-state index is 0.225. The van der Waals surface area contributed by atoms with Crippen LogP contribution in [0.1, 0.15) is 81.9 Å². The predicted octanol–water partition coefficient (Wildman–Crippen LogP) is 3.21. The SMILES string of the molecule is Cc1nnc(C2(N)CCCCC2)n1C1CCCCC1. The van der Waals surface area contributed by atoms with Crippen LogP contribution in [-0.4, -0.2) is 14.8 Å². The van der Waals surface area contributed by atoms with E-state index in [1.54, 1.807) is 0 Å². The van der Waals surface area contributed by atoms with Gasteiger partial charge in [-0.1, -0.05) is 38.5 Å². The zero-order valence-corrected chi connectivity index (χ0v) is 12.1. The van der Waals surface area contributed by atoms with E-state index in [-0.39, 0.29) is 5.54 Å². The molecule has 2 fully saturated rings. The average Bonchev–Trinajstić information content (AvgIpc) is 2.83. The maximum absolute atomic E-state index is 6.68. The number of nitrogens with zero attached hydrogens (tertiary/aromatic N) is 3. The molecule has 0 amide bonds. The smallest absolute Gasteiger partial charge is 0.153 e. The highest BCUT2D eigenvalue weighted by atomic mass is 15.3. The van der Waals surface area contributed by atoms with E-state index in [0.29, 0.717) is 6.04 Å². The van der Waals surface area contributed by atoms with Crippen LogP contribution in [-0.2, 0) is 5.54 Å². The summed E-state index contributed by atoms with van der Waals surface area (Å²) in [5, 5.41) is 8.82. The van der Waals surface area contributed by atoms with Gasteiger partial charge >= 0.3 is 0 Å². The Morgan fingerprint density at radius 1 is 1.00 bits per heavy atom. The van der Waals surface area contributed by atoms with Gasteiger partial charge in [0.2, 0.25) is 0 Å². The average molecular weight is 262 g/mol. The molecule has 2 aliphatic carbocycles. The summed E-state index contributed by atoms with van der Waals surface area (Å²) in [6, 6.07) is 0.584. The Balaban J connectivity index is 1.92. The van der Waals surface area contributed by atoms with Crippen molar-refractivity contribution in [2.45, 2.75) is 82.7 Å². The van der Waals surface area contributed by atoms with Crippen LogP contribution in [0.25, 0.3) is 0 Å². The molecule has 0 atom stereocenters. The van der Waals surface area contributed by atoms with Crippen LogP contribution in [0.2, 0.25) is 0 Å². The van der Waals surface area contributed by atoms with Crippen molar-refractivity contribution < 1.29 is 0 Å². The van der Waals surface area contributed by atoms with Crippen molar-refractivity contribution >= 4 is 0 Å². The van der Waals surface area contributed by atoms with Gasteiger partial charge in [0.25, 0.3) is 0 Å². The molecule has 2 N–H and O–H groups in total. The fourth-order valence-corrected chi connectivity index (χ4v) is 3.89. The van der Waals surface area contributed by atoms with Gasteiger partial charge in [-0.3, -0.25) is 0 Å². The molecular formula is C15H26N4. The Kier molecular flexibility index (Phi) is 3.61. The highest BCUT2D eigenvalue weighted by Gasteiger charge is 2.36. The fourth-order valence-electron chi connectivity index (χ4n) is 3.89. The Labute approximate surface area is 115 Å². The second-order valence-corrected chi connectivity index (χ2v) is 6.45. The third kappa shape index (κ3) is 2.42. The minimum Gasteiger partial charge on any atom is -0.319 e. The lowest BCUT2D eigenvalue weighted by Gasteiger charge is -2.35. The van der Waals surface area contributed by atoms with Crippen molar-refractivity contribution in [2.75, 3.05) is 0 Å². The third-order valence-corrected chi connectivity index (χ3v) is 5.00. The summed E-state index contributed by atoms with van der Waals surface area (Å²) in [7, 11) is 0. The molecule has 0 unspecified atom stereocenters. The molecule has 0 saturated heterocycles. The first-order chi connectivity index (χ1) is 9.21. The molecule has 0 aliphatic heterocycles.